The number of cyclic esters (lactones) is 1. The van der Waals surface area contributed by atoms with Crippen molar-refractivity contribution in [3.63, 3.8) is 0 Å². The van der Waals surface area contributed by atoms with Gasteiger partial charge in [-0.1, -0.05) is 37.3 Å². The molecule has 2 unspecified atom stereocenters. The van der Waals surface area contributed by atoms with E-state index in [-0.39, 0.29) is 43.7 Å². The topological polar surface area (TPSA) is 161 Å². The summed E-state index contributed by atoms with van der Waals surface area (Å²) >= 11 is 0. The molecule has 0 saturated carbocycles. The van der Waals surface area contributed by atoms with Gasteiger partial charge in [-0.25, -0.2) is 14.6 Å². The molecule has 5 heterocycles. The van der Waals surface area contributed by atoms with Gasteiger partial charge in [0.15, 0.2) is 0 Å². The number of rotatable bonds is 6. The molecule has 2 amide bonds. The summed E-state index contributed by atoms with van der Waals surface area (Å²) in [5.41, 5.74) is 4.11. The van der Waals surface area contributed by atoms with E-state index in [1.54, 1.807) is 49.8 Å². The van der Waals surface area contributed by atoms with Gasteiger partial charge in [0.1, 0.15) is 12.2 Å². The largest absolute Gasteiger partial charge is 0.463 e. The molecule has 0 radical (unpaired) electrons. The summed E-state index contributed by atoms with van der Waals surface area (Å²) in [6, 6.07) is 15.4. The minimum Gasteiger partial charge on any atom is -0.463 e. The standard InChI is InChI=1S/C36H33N5O7/c1-4-36(46)15-29(42)48-18-25-26(36)14-28-32-24(17-41(28)33(25)43)23(22-11-6-7-12-27(22)39-32)16-37-21-10-8-9-20(13-21)31-30(34(44)47-5-2)19(3)38-35(45)40-31/h6-14,16,31,46H,4-5,15,17-18H2,1-3H3,(H2,38,40,45). The van der Waals surface area contributed by atoms with E-state index in [1.807, 2.05) is 36.4 Å². The quantitative estimate of drug-likeness (QED) is 0.180. The molecule has 12 heteroatoms. The van der Waals surface area contributed by atoms with Gasteiger partial charge < -0.3 is 29.8 Å². The second kappa shape index (κ2) is 11.9. The molecule has 2 aromatic carbocycles. The van der Waals surface area contributed by atoms with Crippen LogP contribution < -0.4 is 16.2 Å². The number of hydrogen-bond acceptors (Lipinski definition) is 9. The first kappa shape index (κ1) is 31.0. The number of carbonyl (C=O) groups is 3. The molecule has 244 valence electrons. The van der Waals surface area contributed by atoms with Crippen molar-refractivity contribution in [2.24, 2.45) is 4.99 Å². The normalized spacial score (nSPS) is 20.0. The van der Waals surface area contributed by atoms with Crippen LogP contribution in [0, 0.1) is 0 Å². The molecule has 3 N–H and O–H groups in total. The zero-order valence-corrected chi connectivity index (χ0v) is 26.6. The van der Waals surface area contributed by atoms with Gasteiger partial charge in [0.25, 0.3) is 5.56 Å². The van der Waals surface area contributed by atoms with Crippen LogP contribution in [0.2, 0.25) is 0 Å². The van der Waals surface area contributed by atoms with Gasteiger partial charge in [0, 0.05) is 28.4 Å². The number of ether oxygens (including phenoxy) is 2. The maximum absolute atomic E-state index is 13.9. The van der Waals surface area contributed by atoms with E-state index in [1.165, 1.54) is 0 Å². The number of nitrogens with zero attached hydrogens (tertiary/aromatic N) is 3. The van der Waals surface area contributed by atoms with Crippen molar-refractivity contribution in [2.75, 3.05) is 6.61 Å². The fraction of sp³-hybridized carbons (Fsp3) is 0.278. The van der Waals surface area contributed by atoms with Crippen molar-refractivity contribution in [3.05, 3.63) is 104 Å². The maximum Gasteiger partial charge on any atom is 0.338 e. The van der Waals surface area contributed by atoms with E-state index in [0.717, 1.165) is 16.5 Å². The van der Waals surface area contributed by atoms with Gasteiger partial charge in [-0.3, -0.25) is 14.6 Å². The number of carbonyl (C=O) groups excluding carboxylic acids is 3. The fourth-order valence-electron chi connectivity index (χ4n) is 6.75. The number of aromatic nitrogens is 2. The van der Waals surface area contributed by atoms with Crippen LogP contribution in [0.1, 0.15) is 67.5 Å². The van der Waals surface area contributed by atoms with Crippen LogP contribution >= 0.6 is 0 Å². The summed E-state index contributed by atoms with van der Waals surface area (Å²) in [6.07, 6.45) is 1.72. The van der Waals surface area contributed by atoms with Gasteiger partial charge >= 0.3 is 18.0 Å². The molecule has 2 atom stereocenters. The number of allylic oxidation sites excluding steroid dienone is 1. The first-order valence-electron chi connectivity index (χ1n) is 15.8. The Morgan fingerprint density at radius 3 is 2.75 bits per heavy atom. The van der Waals surface area contributed by atoms with Crippen molar-refractivity contribution < 1.29 is 29.0 Å². The summed E-state index contributed by atoms with van der Waals surface area (Å²) in [4.78, 5) is 61.2. The summed E-state index contributed by atoms with van der Waals surface area (Å²) < 4.78 is 12.2. The lowest BCUT2D eigenvalue weighted by atomic mass is 9.85. The summed E-state index contributed by atoms with van der Waals surface area (Å²) in [7, 11) is 0. The molecule has 7 rings (SSSR count). The Kier molecular flexibility index (Phi) is 7.67. The van der Waals surface area contributed by atoms with Crippen LogP contribution in [0.3, 0.4) is 0 Å². The molecule has 0 spiro atoms. The molecule has 0 saturated heterocycles. The molecule has 3 aliphatic heterocycles. The average molecular weight is 648 g/mol. The Morgan fingerprint density at radius 2 is 1.96 bits per heavy atom. The van der Waals surface area contributed by atoms with E-state index in [2.05, 4.69) is 10.6 Å². The number of para-hydroxylation sites is 1. The number of amides is 2. The number of aliphatic hydroxyl groups is 1. The number of nitrogens with one attached hydrogen (secondary N) is 2. The van der Waals surface area contributed by atoms with Crippen molar-refractivity contribution >= 4 is 40.8 Å². The molecule has 2 aromatic heterocycles. The van der Waals surface area contributed by atoms with E-state index >= 15 is 0 Å². The van der Waals surface area contributed by atoms with Gasteiger partial charge in [-0.15, -0.1) is 0 Å². The minimum absolute atomic E-state index is 0.191. The highest BCUT2D eigenvalue weighted by molar-refractivity contribution is 6.03. The van der Waals surface area contributed by atoms with Crippen LogP contribution in [0.5, 0.6) is 0 Å². The fourth-order valence-corrected chi connectivity index (χ4v) is 6.75. The molecule has 4 aromatic rings. The first-order chi connectivity index (χ1) is 23.1. The van der Waals surface area contributed by atoms with Crippen LogP contribution in [-0.4, -0.2) is 45.4 Å². The molecular formula is C36H33N5O7. The average Bonchev–Trinajstić information content (AvgIpc) is 3.38. The molecule has 0 aliphatic carbocycles. The Hall–Kier alpha value is -5.62. The van der Waals surface area contributed by atoms with E-state index in [4.69, 9.17) is 19.5 Å². The summed E-state index contributed by atoms with van der Waals surface area (Å²) in [6.45, 7) is 5.34. The monoisotopic (exact) mass is 647 g/mol. The highest BCUT2D eigenvalue weighted by Gasteiger charge is 2.40. The van der Waals surface area contributed by atoms with Crippen LogP contribution in [-0.2, 0) is 37.8 Å². The Bertz CT molecular complexity index is 2170. The molecule has 0 fully saturated rings. The summed E-state index contributed by atoms with van der Waals surface area (Å²) in [5.74, 6) is -1.08. The third-order valence-corrected chi connectivity index (χ3v) is 9.21. The molecule has 3 aliphatic rings. The number of fused-ring (bicyclic) bond motifs is 5. The number of hydrogen-bond donors (Lipinski definition) is 3. The highest BCUT2D eigenvalue weighted by atomic mass is 16.5. The van der Waals surface area contributed by atoms with Crippen molar-refractivity contribution in [2.45, 2.75) is 58.4 Å². The number of pyridine rings is 2. The zero-order valence-electron chi connectivity index (χ0n) is 26.6. The lowest BCUT2D eigenvalue weighted by molar-refractivity contribution is -0.149. The van der Waals surface area contributed by atoms with Gasteiger partial charge in [-0.2, -0.15) is 0 Å². The van der Waals surface area contributed by atoms with E-state index in [0.29, 0.717) is 45.0 Å². The van der Waals surface area contributed by atoms with E-state index in [9.17, 15) is 24.3 Å². The molecular weight excluding hydrogens is 614 g/mol. The number of urea groups is 1. The van der Waals surface area contributed by atoms with Gasteiger partial charge in [0.05, 0.1) is 59.3 Å². The third kappa shape index (κ3) is 5.14. The minimum atomic E-state index is -1.54. The zero-order chi connectivity index (χ0) is 33.7. The Labute approximate surface area is 275 Å². The number of esters is 2. The number of aliphatic imine (C=N–C) groups is 1. The van der Waals surface area contributed by atoms with Crippen molar-refractivity contribution in [1.29, 1.82) is 0 Å². The predicted octanol–water partition coefficient (Wildman–Crippen LogP) is 4.41. The smallest absolute Gasteiger partial charge is 0.338 e. The van der Waals surface area contributed by atoms with Crippen molar-refractivity contribution in [3.8, 4) is 11.4 Å². The maximum atomic E-state index is 13.9. The third-order valence-electron chi connectivity index (χ3n) is 9.21. The predicted molar refractivity (Wildman–Crippen MR) is 177 cm³/mol. The Morgan fingerprint density at radius 1 is 1.15 bits per heavy atom. The summed E-state index contributed by atoms with van der Waals surface area (Å²) in [5, 5.41) is 17.8. The second-order valence-corrected chi connectivity index (χ2v) is 12.0. The van der Waals surface area contributed by atoms with Crippen LogP contribution in [0.15, 0.2) is 75.7 Å². The molecule has 0 bridgehead atoms. The van der Waals surface area contributed by atoms with Gasteiger partial charge in [-0.05, 0) is 55.7 Å². The molecule has 48 heavy (non-hydrogen) atoms. The number of benzene rings is 2. The lowest BCUT2D eigenvalue weighted by Gasteiger charge is -2.28. The van der Waals surface area contributed by atoms with Crippen LogP contribution in [0.4, 0.5) is 10.5 Å². The van der Waals surface area contributed by atoms with Crippen LogP contribution in [0.25, 0.3) is 22.3 Å². The second-order valence-electron chi connectivity index (χ2n) is 12.0. The Balaban J connectivity index is 1.32. The SMILES string of the molecule is CCOC(=O)C1=C(C)NC(=O)NC1c1cccc(N=Cc2c3c(nc4ccccc24)-c2cc4c(c(=O)n2C3)COC(=O)CC4(O)CC)c1. The van der Waals surface area contributed by atoms with Gasteiger partial charge in [0.2, 0.25) is 0 Å². The van der Waals surface area contributed by atoms with E-state index < -0.39 is 29.6 Å². The lowest BCUT2D eigenvalue weighted by Crippen LogP contribution is -2.45. The highest BCUT2D eigenvalue weighted by Crippen LogP contribution is 2.40. The first-order valence-corrected chi connectivity index (χ1v) is 15.8. The van der Waals surface area contributed by atoms with Crippen molar-refractivity contribution in [1.82, 2.24) is 20.2 Å². The molecule has 12 nitrogen and oxygen atoms in total.